The molecule has 2 heteroatoms. The molecule has 0 aromatic heterocycles. The molecule has 0 saturated heterocycles. The van der Waals surface area contributed by atoms with Gasteiger partial charge in [-0.1, -0.05) is 118 Å². The van der Waals surface area contributed by atoms with Gasteiger partial charge in [-0.05, 0) is 33.2 Å². The van der Waals surface area contributed by atoms with Crippen LogP contribution in [0.2, 0.25) is 0 Å². The molecule has 0 radical (unpaired) electrons. The summed E-state index contributed by atoms with van der Waals surface area (Å²) in [6.45, 7) is 9.84. The van der Waals surface area contributed by atoms with E-state index in [9.17, 15) is 0 Å². The molecule has 0 bridgehead atoms. The molecule has 1 nitrogen and oxygen atoms in total. The van der Waals surface area contributed by atoms with Crippen LogP contribution in [0.25, 0.3) is 0 Å². The molecule has 0 unspecified atom stereocenters. The normalized spacial score (nSPS) is 17.8. The zero-order valence-corrected chi connectivity index (χ0v) is 19.1. The highest BCUT2D eigenvalue weighted by molar-refractivity contribution is 6.98. The maximum atomic E-state index is 2.62. The molecule has 0 fully saturated rings. The van der Waals surface area contributed by atoms with Crippen LogP contribution in [0.3, 0.4) is 0 Å². The van der Waals surface area contributed by atoms with Crippen LogP contribution in [-0.2, 0) is 10.8 Å². The van der Waals surface area contributed by atoms with Gasteiger partial charge in [0.25, 0.3) is 0 Å². The van der Waals surface area contributed by atoms with E-state index in [1.807, 2.05) is 0 Å². The van der Waals surface area contributed by atoms with Gasteiger partial charge in [-0.15, -0.1) is 0 Å². The Bertz CT molecular complexity index is 1350. The molecule has 4 aromatic rings. The average molecular weight is 411 g/mol. The summed E-state index contributed by atoms with van der Waals surface area (Å²) in [7, 11) is 0. The SMILES string of the molecule is CC1(C)c2cccc3c2N2c4c(cccc4C(C)(C)c4cccc1c42)B3c1ccccc1. The van der Waals surface area contributed by atoms with E-state index in [1.54, 1.807) is 0 Å². The first-order valence-electron chi connectivity index (χ1n) is 11.7. The predicted molar refractivity (Wildman–Crippen MR) is 136 cm³/mol. The molecular weight excluding hydrogens is 385 g/mol. The summed E-state index contributed by atoms with van der Waals surface area (Å²) in [6, 6.07) is 32.0. The van der Waals surface area contributed by atoms with Gasteiger partial charge in [-0.2, -0.15) is 0 Å². The van der Waals surface area contributed by atoms with Crippen molar-refractivity contribution in [1.29, 1.82) is 0 Å². The Balaban J connectivity index is 1.69. The maximum absolute atomic E-state index is 2.62. The minimum atomic E-state index is -0.0473. The third-order valence-electron chi connectivity index (χ3n) is 8.29. The molecular formula is C30H26BN. The first kappa shape index (κ1) is 18.3. The third kappa shape index (κ3) is 1.97. The van der Waals surface area contributed by atoms with Gasteiger partial charge < -0.3 is 4.90 Å². The van der Waals surface area contributed by atoms with Crippen molar-refractivity contribution >= 4 is 40.2 Å². The Morgan fingerprint density at radius 1 is 0.500 bits per heavy atom. The number of anilines is 3. The second-order valence-electron chi connectivity index (χ2n) is 10.6. The molecule has 3 heterocycles. The van der Waals surface area contributed by atoms with Crippen molar-refractivity contribution in [3.63, 3.8) is 0 Å². The number of nitrogens with zero attached hydrogens (tertiary/aromatic N) is 1. The zero-order valence-electron chi connectivity index (χ0n) is 19.1. The second kappa shape index (κ2) is 5.75. The number of benzene rings is 4. The van der Waals surface area contributed by atoms with Gasteiger partial charge in [0.15, 0.2) is 0 Å². The molecule has 32 heavy (non-hydrogen) atoms. The van der Waals surface area contributed by atoms with Gasteiger partial charge in [0.2, 0.25) is 6.71 Å². The van der Waals surface area contributed by atoms with Crippen LogP contribution in [0.4, 0.5) is 17.1 Å². The number of para-hydroxylation sites is 3. The van der Waals surface area contributed by atoms with Crippen LogP contribution in [0.5, 0.6) is 0 Å². The van der Waals surface area contributed by atoms with Crippen molar-refractivity contribution < 1.29 is 0 Å². The first-order valence-corrected chi connectivity index (χ1v) is 11.7. The standard InChI is InChI=1S/C30H26BN/c1-29(2)20-13-8-14-21-26(20)32-27-22(29)15-9-17-24(27)31(19-11-6-5-7-12-19)25-18-10-16-23(28(25)32)30(21,3)4/h5-18H,1-4H3. The topological polar surface area (TPSA) is 3.24 Å². The lowest BCUT2D eigenvalue weighted by molar-refractivity contribution is 0.598. The minimum absolute atomic E-state index is 0.0473. The van der Waals surface area contributed by atoms with E-state index in [0.29, 0.717) is 0 Å². The van der Waals surface area contributed by atoms with Crippen LogP contribution in [0.1, 0.15) is 49.9 Å². The van der Waals surface area contributed by atoms with Gasteiger partial charge in [-0.25, -0.2) is 0 Å². The lowest BCUT2D eigenvalue weighted by Crippen LogP contribution is -2.60. The Morgan fingerprint density at radius 2 is 0.938 bits per heavy atom. The lowest BCUT2D eigenvalue weighted by atomic mass is 9.34. The van der Waals surface area contributed by atoms with E-state index < -0.39 is 0 Å². The average Bonchev–Trinajstić information content (AvgIpc) is 2.80. The number of hydrogen-bond donors (Lipinski definition) is 0. The monoisotopic (exact) mass is 411 g/mol. The summed E-state index contributed by atoms with van der Waals surface area (Å²) in [5.74, 6) is 0. The van der Waals surface area contributed by atoms with Crippen molar-refractivity contribution in [3.8, 4) is 0 Å². The number of hydrogen-bond acceptors (Lipinski definition) is 1. The molecule has 0 N–H and O–H groups in total. The predicted octanol–water partition coefficient (Wildman–Crippen LogP) is 5.26. The van der Waals surface area contributed by atoms with Gasteiger partial charge in [0, 0.05) is 22.2 Å². The van der Waals surface area contributed by atoms with E-state index in [4.69, 9.17) is 0 Å². The fourth-order valence-electron chi connectivity index (χ4n) is 6.69. The molecule has 3 aliphatic heterocycles. The molecule has 0 aliphatic carbocycles. The smallest absolute Gasteiger partial charge is 0.246 e. The summed E-state index contributed by atoms with van der Waals surface area (Å²) in [5, 5.41) is 0. The summed E-state index contributed by atoms with van der Waals surface area (Å²) in [6.07, 6.45) is 0. The van der Waals surface area contributed by atoms with Gasteiger partial charge in [0.05, 0.1) is 5.69 Å². The van der Waals surface area contributed by atoms with E-state index in [2.05, 4.69) is 118 Å². The van der Waals surface area contributed by atoms with Crippen LogP contribution in [-0.4, -0.2) is 6.71 Å². The van der Waals surface area contributed by atoms with Crippen LogP contribution in [0, 0.1) is 0 Å². The van der Waals surface area contributed by atoms with E-state index in [1.165, 1.54) is 55.7 Å². The second-order valence-corrected chi connectivity index (χ2v) is 10.6. The molecule has 0 spiro atoms. The van der Waals surface area contributed by atoms with Crippen molar-refractivity contribution in [2.45, 2.75) is 38.5 Å². The first-order chi connectivity index (χ1) is 15.4. The van der Waals surface area contributed by atoms with E-state index in [0.717, 1.165) is 0 Å². The fraction of sp³-hybridized carbons (Fsp3) is 0.200. The van der Waals surface area contributed by atoms with E-state index >= 15 is 0 Å². The zero-order chi connectivity index (χ0) is 21.8. The quantitative estimate of drug-likeness (QED) is 0.340. The highest BCUT2D eigenvalue weighted by atomic mass is 15.2. The maximum Gasteiger partial charge on any atom is 0.246 e. The Labute approximate surface area is 190 Å². The van der Waals surface area contributed by atoms with Crippen molar-refractivity contribution in [2.24, 2.45) is 0 Å². The largest absolute Gasteiger partial charge is 0.310 e. The summed E-state index contributed by atoms with van der Waals surface area (Å²) >= 11 is 0. The highest BCUT2D eigenvalue weighted by Crippen LogP contribution is 2.59. The van der Waals surface area contributed by atoms with Crippen LogP contribution in [0.15, 0.2) is 84.9 Å². The fourth-order valence-corrected chi connectivity index (χ4v) is 6.69. The molecule has 154 valence electrons. The minimum Gasteiger partial charge on any atom is -0.310 e. The van der Waals surface area contributed by atoms with E-state index in [-0.39, 0.29) is 17.5 Å². The molecule has 4 aromatic carbocycles. The van der Waals surface area contributed by atoms with Crippen LogP contribution < -0.4 is 21.3 Å². The van der Waals surface area contributed by atoms with Gasteiger partial charge >= 0.3 is 0 Å². The summed E-state index contributed by atoms with van der Waals surface area (Å²) in [4.78, 5) is 2.62. The Morgan fingerprint density at radius 3 is 1.44 bits per heavy atom. The van der Waals surface area contributed by atoms with Gasteiger partial charge in [-0.3, -0.25) is 0 Å². The Kier molecular flexibility index (Phi) is 3.29. The molecule has 3 aliphatic rings. The van der Waals surface area contributed by atoms with Crippen LogP contribution >= 0.6 is 0 Å². The molecule has 0 saturated carbocycles. The molecule has 0 atom stereocenters. The summed E-state index contributed by atoms with van der Waals surface area (Å²) in [5.41, 5.74) is 14.1. The Hall–Kier alpha value is -3.26. The number of rotatable bonds is 1. The van der Waals surface area contributed by atoms with Crippen molar-refractivity contribution in [2.75, 3.05) is 4.90 Å². The molecule has 0 amide bonds. The highest BCUT2D eigenvalue weighted by Gasteiger charge is 2.50. The third-order valence-corrected chi connectivity index (χ3v) is 8.29. The van der Waals surface area contributed by atoms with Crippen molar-refractivity contribution in [3.05, 3.63) is 107 Å². The lowest BCUT2D eigenvalue weighted by Gasteiger charge is -2.53. The van der Waals surface area contributed by atoms with Crippen molar-refractivity contribution in [1.82, 2.24) is 0 Å². The van der Waals surface area contributed by atoms with Gasteiger partial charge in [0.1, 0.15) is 0 Å². The molecule has 7 rings (SSSR count). The summed E-state index contributed by atoms with van der Waals surface area (Å²) < 4.78 is 0.